The van der Waals surface area contributed by atoms with Crippen LogP contribution in [-0.4, -0.2) is 28.0 Å². The van der Waals surface area contributed by atoms with Gasteiger partial charge in [0, 0.05) is 6.04 Å². The van der Waals surface area contributed by atoms with Gasteiger partial charge in [-0.2, -0.15) is 0 Å². The van der Waals surface area contributed by atoms with E-state index in [1.54, 1.807) is 23.1 Å². The predicted molar refractivity (Wildman–Crippen MR) is 79.2 cm³/mol. The summed E-state index contributed by atoms with van der Waals surface area (Å²) in [6.07, 6.45) is 0. The molecule has 1 aromatic carbocycles. The van der Waals surface area contributed by atoms with Crippen LogP contribution in [0.5, 0.6) is 0 Å². The SMILES string of the molecule is CC(C)C(N)C(CO)Sc1nc2ccccc2s1. The maximum absolute atomic E-state index is 9.46. The van der Waals surface area contributed by atoms with Crippen LogP contribution in [0.4, 0.5) is 0 Å². The molecule has 2 aromatic rings. The topological polar surface area (TPSA) is 59.1 Å². The van der Waals surface area contributed by atoms with Crippen LogP contribution in [0.1, 0.15) is 13.8 Å². The van der Waals surface area contributed by atoms with E-state index in [0.717, 1.165) is 9.86 Å². The molecule has 0 amide bonds. The highest BCUT2D eigenvalue weighted by atomic mass is 32.2. The maximum atomic E-state index is 9.46. The van der Waals surface area contributed by atoms with E-state index in [1.807, 2.05) is 18.2 Å². The Bertz CT molecular complexity index is 479. The standard InChI is InChI=1S/C13H18N2OS2/c1-8(2)12(14)11(7-16)18-13-15-9-5-3-4-6-10(9)17-13/h3-6,8,11-12,16H,7,14H2,1-2H3. The quantitative estimate of drug-likeness (QED) is 0.828. The third-order valence-electron chi connectivity index (χ3n) is 2.91. The number of aliphatic hydroxyl groups excluding tert-OH is 1. The molecule has 0 aliphatic heterocycles. The van der Waals surface area contributed by atoms with Crippen molar-refractivity contribution in [1.29, 1.82) is 0 Å². The van der Waals surface area contributed by atoms with Gasteiger partial charge in [0.1, 0.15) is 0 Å². The Labute approximate surface area is 115 Å². The number of hydrogen-bond donors (Lipinski definition) is 2. The first-order valence-corrected chi connectivity index (χ1v) is 7.70. The summed E-state index contributed by atoms with van der Waals surface area (Å²) in [7, 11) is 0. The highest BCUT2D eigenvalue weighted by molar-refractivity contribution is 8.01. The van der Waals surface area contributed by atoms with Crippen molar-refractivity contribution >= 4 is 33.3 Å². The lowest BCUT2D eigenvalue weighted by atomic mass is 10.0. The minimum atomic E-state index is -0.0213. The van der Waals surface area contributed by atoms with Crippen molar-refractivity contribution in [3.05, 3.63) is 24.3 Å². The number of aromatic nitrogens is 1. The number of benzene rings is 1. The van der Waals surface area contributed by atoms with Gasteiger partial charge in [-0.05, 0) is 18.1 Å². The number of thioether (sulfide) groups is 1. The van der Waals surface area contributed by atoms with Gasteiger partial charge in [-0.1, -0.05) is 37.7 Å². The lowest BCUT2D eigenvalue weighted by Crippen LogP contribution is -2.39. The van der Waals surface area contributed by atoms with Gasteiger partial charge < -0.3 is 10.8 Å². The molecule has 0 aliphatic carbocycles. The number of thiazole rings is 1. The van der Waals surface area contributed by atoms with Crippen molar-refractivity contribution < 1.29 is 5.11 Å². The number of rotatable bonds is 5. The number of nitrogens with zero attached hydrogens (tertiary/aromatic N) is 1. The van der Waals surface area contributed by atoms with Crippen molar-refractivity contribution in [3.63, 3.8) is 0 Å². The zero-order chi connectivity index (χ0) is 13.1. The van der Waals surface area contributed by atoms with E-state index in [4.69, 9.17) is 5.73 Å². The van der Waals surface area contributed by atoms with Gasteiger partial charge in [0.25, 0.3) is 0 Å². The summed E-state index contributed by atoms with van der Waals surface area (Å²) in [4.78, 5) is 4.56. The van der Waals surface area contributed by atoms with Crippen molar-refractivity contribution in [3.8, 4) is 0 Å². The summed E-state index contributed by atoms with van der Waals surface area (Å²) in [5.41, 5.74) is 7.12. The van der Waals surface area contributed by atoms with Crippen LogP contribution in [0, 0.1) is 5.92 Å². The second-order valence-electron chi connectivity index (χ2n) is 4.61. The molecule has 0 saturated carbocycles. The molecule has 1 heterocycles. The summed E-state index contributed by atoms with van der Waals surface area (Å²) in [5, 5.41) is 9.46. The Hall–Kier alpha value is -0.620. The van der Waals surface area contributed by atoms with E-state index < -0.39 is 0 Å². The minimum absolute atomic E-state index is 0.00515. The van der Waals surface area contributed by atoms with E-state index in [9.17, 15) is 5.11 Å². The van der Waals surface area contributed by atoms with Crippen LogP contribution in [-0.2, 0) is 0 Å². The fraction of sp³-hybridized carbons (Fsp3) is 0.462. The number of aliphatic hydroxyl groups is 1. The van der Waals surface area contributed by atoms with Gasteiger partial charge >= 0.3 is 0 Å². The molecule has 0 aliphatic rings. The summed E-state index contributed by atoms with van der Waals surface area (Å²) >= 11 is 3.24. The van der Waals surface area contributed by atoms with E-state index in [1.165, 1.54) is 4.70 Å². The second kappa shape index (κ2) is 6.02. The molecule has 0 saturated heterocycles. The summed E-state index contributed by atoms with van der Waals surface area (Å²) < 4.78 is 2.15. The molecule has 2 unspecified atom stereocenters. The third kappa shape index (κ3) is 3.03. The lowest BCUT2D eigenvalue weighted by molar-refractivity contribution is 0.269. The minimum Gasteiger partial charge on any atom is -0.395 e. The molecule has 0 radical (unpaired) electrons. The largest absolute Gasteiger partial charge is 0.395 e. The van der Waals surface area contributed by atoms with Crippen LogP contribution in [0.25, 0.3) is 10.2 Å². The monoisotopic (exact) mass is 282 g/mol. The maximum Gasteiger partial charge on any atom is 0.151 e. The Morgan fingerprint density at radius 3 is 2.72 bits per heavy atom. The average Bonchev–Trinajstić information content (AvgIpc) is 2.77. The van der Waals surface area contributed by atoms with Crippen molar-refractivity contribution in [2.75, 3.05) is 6.61 Å². The molecule has 0 spiro atoms. The Morgan fingerprint density at radius 1 is 1.39 bits per heavy atom. The first-order valence-electron chi connectivity index (χ1n) is 6.00. The van der Waals surface area contributed by atoms with Crippen molar-refractivity contribution in [2.24, 2.45) is 11.7 Å². The summed E-state index contributed by atoms with van der Waals surface area (Å²) in [6, 6.07) is 8.05. The summed E-state index contributed by atoms with van der Waals surface area (Å²) in [5.74, 6) is 0.351. The highest BCUT2D eigenvalue weighted by Gasteiger charge is 2.22. The van der Waals surface area contributed by atoms with E-state index >= 15 is 0 Å². The van der Waals surface area contributed by atoms with E-state index in [0.29, 0.717) is 5.92 Å². The van der Waals surface area contributed by atoms with Crippen molar-refractivity contribution in [1.82, 2.24) is 4.98 Å². The lowest BCUT2D eigenvalue weighted by Gasteiger charge is -2.23. The molecule has 2 atom stereocenters. The van der Waals surface area contributed by atoms with Crippen LogP contribution in [0.15, 0.2) is 28.6 Å². The van der Waals surface area contributed by atoms with Gasteiger partial charge in [-0.25, -0.2) is 4.98 Å². The second-order valence-corrected chi connectivity index (χ2v) is 7.12. The number of hydrogen-bond acceptors (Lipinski definition) is 5. The fourth-order valence-corrected chi connectivity index (χ4v) is 4.18. The molecule has 3 N–H and O–H groups in total. The normalized spacial score (nSPS) is 15.2. The van der Waals surface area contributed by atoms with E-state index in [2.05, 4.69) is 24.9 Å². The van der Waals surface area contributed by atoms with Gasteiger partial charge in [0.15, 0.2) is 4.34 Å². The number of fused-ring (bicyclic) bond motifs is 1. The van der Waals surface area contributed by atoms with Crippen LogP contribution >= 0.6 is 23.1 Å². The molecule has 0 fully saturated rings. The molecule has 3 nitrogen and oxygen atoms in total. The van der Waals surface area contributed by atoms with Crippen LogP contribution < -0.4 is 5.73 Å². The molecular formula is C13H18N2OS2. The first kappa shape index (κ1) is 13.8. The summed E-state index contributed by atoms with van der Waals surface area (Å²) in [6.45, 7) is 4.23. The third-order valence-corrected chi connectivity index (χ3v) is 5.33. The van der Waals surface area contributed by atoms with Crippen molar-refractivity contribution in [2.45, 2.75) is 29.5 Å². The number of para-hydroxylation sites is 1. The zero-order valence-electron chi connectivity index (χ0n) is 10.5. The molecule has 0 bridgehead atoms. The highest BCUT2D eigenvalue weighted by Crippen LogP contribution is 2.33. The zero-order valence-corrected chi connectivity index (χ0v) is 12.2. The van der Waals surface area contributed by atoms with Gasteiger partial charge in [0.2, 0.25) is 0 Å². The average molecular weight is 282 g/mol. The molecule has 2 rings (SSSR count). The molecule has 98 valence electrons. The molecule has 1 aromatic heterocycles. The number of nitrogens with two attached hydrogens (primary N) is 1. The van der Waals surface area contributed by atoms with Crippen LogP contribution in [0.3, 0.4) is 0 Å². The smallest absolute Gasteiger partial charge is 0.151 e. The molecular weight excluding hydrogens is 264 g/mol. The Balaban J connectivity index is 2.16. The Morgan fingerprint density at radius 2 is 2.11 bits per heavy atom. The van der Waals surface area contributed by atoms with Gasteiger partial charge in [0.05, 0.1) is 22.1 Å². The Kier molecular flexibility index (Phi) is 4.61. The molecule has 5 heteroatoms. The van der Waals surface area contributed by atoms with E-state index in [-0.39, 0.29) is 17.9 Å². The van der Waals surface area contributed by atoms with Crippen LogP contribution in [0.2, 0.25) is 0 Å². The first-order chi connectivity index (χ1) is 8.61. The predicted octanol–water partition coefficient (Wildman–Crippen LogP) is 2.73. The molecule has 18 heavy (non-hydrogen) atoms. The van der Waals surface area contributed by atoms with Gasteiger partial charge in [-0.3, -0.25) is 0 Å². The fourth-order valence-electron chi connectivity index (χ4n) is 1.70. The van der Waals surface area contributed by atoms with Gasteiger partial charge in [-0.15, -0.1) is 11.3 Å².